The zero-order valence-electron chi connectivity index (χ0n) is 20.7. The summed E-state index contributed by atoms with van der Waals surface area (Å²) in [6.45, 7) is 10.1. The molecule has 6 nitrogen and oxygen atoms in total. The van der Waals surface area contributed by atoms with Crippen molar-refractivity contribution in [3.8, 4) is 11.1 Å². The number of ether oxygens (including phenoxy) is 1. The number of rotatable bonds is 9. The van der Waals surface area contributed by atoms with Crippen LogP contribution in [0, 0.1) is 0 Å². The van der Waals surface area contributed by atoms with Gasteiger partial charge < -0.3 is 9.84 Å². The molecule has 0 aliphatic rings. The van der Waals surface area contributed by atoms with Crippen molar-refractivity contribution in [3.05, 3.63) is 76.6 Å². The molecule has 0 unspecified atom stereocenters. The summed E-state index contributed by atoms with van der Waals surface area (Å²) in [6.07, 6.45) is 3.24. The van der Waals surface area contributed by atoms with Crippen LogP contribution < -0.4 is 0 Å². The number of benzene rings is 2. The quantitative estimate of drug-likeness (QED) is 0.385. The van der Waals surface area contributed by atoms with E-state index in [9.17, 15) is 14.7 Å². The van der Waals surface area contributed by atoms with Gasteiger partial charge in [0.25, 0.3) is 0 Å². The van der Waals surface area contributed by atoms with Crippen LogP contribution in [0.1, 0.15) is 85.1 Å². The number of carboxylic acid groups (broad SMARTS) is 1. The normalized spacial score (nSPS) is 11.4. The predicted octanol–water partition coefficient (Wildman–Crippen LogP) is 6.16. The van der Waals surface area contributed by atoms with E-state index in [0.29, 0.717) is 18.5 Å². The van der Waals surface area contributed by atoms with Crippen molar-refractivity contribution in [3.63, 3.8) is 0 Å². The predicted molar refractivity (Wildman–Crippen MR) is 133 cm³/mol. The van der Waals surface area contributed by atoms with Crippen LogP contribution in [-0.4, -0.2) is 32.4 Å². The molecule has 180 valence electrons. The molecule has 0 atom stereocenters. The van der Waals surface area contributed by atoms with Crippen molar-refractivity contribution in [1.29, 1.82) is 0 Å². The lowest BCUT2D eigenvalue weighted by atomic mass is 9.95. The SMILES string of the molecule is CCCCc1nn(CC)c(C(=O)O)c1Cc1ccc(-c2ccccc2C(=O)OC(C)(C)C)cc1. The number of hydrogen-bond donors (Lipinski definition) is 1. The van der Waals surface area contributed by atoms with Crippen LogP contribution in [-0.2, 0) is 24.1 Å². The van der Waals surface area contributed by atoms with E-state index in [-0.39, 0.29) is 11.7 Å². The summed E-state index contributed by atoms with van der Waals surface area (Å²) in [6, 6.07) is 15.3. The highest BCUT2D eigenvalue weighted by Crippen LogP contribution is 2.28. The van der Waals surface area contributed by atoms with Crippen LogP contribution in [0.4, 0.5) is 0 Å². The van der Waals surface area contributed by atoms with Gasteiger partial charge in [-0.15, -0.1) is 0 Å². The summed E-state index contributed by atoms with van der Waals surface area (Å²) in [5.41, 5.74) is 4.56. The molecule has 0 amide bonds. The fourth-order valence-electron chi connectivity index (χ4n) is 4.00. The van der Waals surface area contributed by atoms with Gasteiger partial charge >= 0.3 is 11.9 Å². The molecule has 0 spiro atoms. The monoisotopic (exact) mass is 462 g/mol. The van der Waals surface area contributed by atoms with Crippen molar-refractivity contribution >= 4 is 11.9 Å². The van der Waals surface area contributed by atoms with Gasteiger partial charge in [0, 0.05) is 18.5 Å². The molecule has 1 N–H and O–H groups in total. The summed E-state index contributed by atoms with van der Waals surface area (Å²) in [7, 11) is 0. The summed E-state index contributed by atoms with van der Waals surface area (Å²) < 4.78 is 7.17. The Morgan fingerprint density at radius 2 is 1.71 bits per heavy atom. The number of aryl methyl sites for hydroxylation is 2. The lowest BCUT2D eigenvalue weighted by Gasteiger charge is -2.20. The van der Waals surface area contributed by atoms with Crippen molar-refractivity contribution in [2.24, 2.45) is 0 Å². The zero-order chi connectivity index (χ0) is 24.9. The fraction of sp³-hybridized carbons (Fsp3) is 0.393. The standard InChI is InChI=1S/C28H34N2O4/c1-6-8-13-24-23(25(26(31)32)30(7-2)29-24)18-19-14-16-20(17-15-19)21-11-9-10-12-22(21)27(33)34-28(3,4)5/h9-12,14-17H,6-8,13,18H2,1-5H3,(H,31,32). The molecule has 0 aliphatic heterocycles. The second-order valence-corrected chi connectivity index (χ2v) is 9.42. The summed E-state index contributed by atoms with van der Waals surface area (Å²) in [5, 5.41) is 14.4. The second kappa shape index (κ2) is 10.7. The molecule has 0 aliphatic carbocycles. The van der Waals surface area contributed by atoms with Crippen LogP contribution in [0.2, 0.25) is 0 Å². The first-order valence-electron chi connectivity index (χ1n) is 11.9. The number of unbranched alkanes of at least 4 members (excludes halogenated alkanes) is 1. The van der Waals surface area contributed by atoms with Gasteiger partial charge in [0.1, 0.15) is 11.3 Å². The number of aromatic carboxylic acids is 1. The highest BCUT2D eigenvalue weighted by atomic mass is 16.6. The zero-order valence-corrected chi connectivity index (χ0v) is 20.7. The summed E-state index contributed by atoms with van der Waals surface area (Å²) >= 11 is 0. The van der Waals surface area contributed by atoms with Crippen molar-refractivity contribution in [2.45, 2.75) is 72.4 Å². The molecule has 1 heterocycles. The molecule has 0 fully saturated rings. The minimum atomic E-state index is -0.949. The van der Waals surface area contributed by atoms with Gasteiger partial charge in [-0.05, 0) is 63.3 Å². The van der Waals surface area contributed by atoms with E-state index in [1.54, 1.807) is 10.7 Å². The maximum Gasteiger partial charge on any atom is 0.354 e. The molecule has 2 aromatic carbocycles. The molecular weight excluding hydrogens is 428 g/mol. The first-order valence-corrected chi connectivity index (χ1v) is 11.9. The number of carbonyl (C=O) groups is 2. The average Bonchev–Trinajstić information content (AvgIpc) is 3.14. The third-order valence-electron chi connectivity index (χ3n) is 5.59. The summed E-state index contributed by atoms with van der Waals surface area (Å²) in [4.78, 5) is 24.7. The average molecular weight is 463 g/mol. The van der Waals surface area contributed by atoms with E-state index in [0.717, 1.165) is 47.2 Å². The van der Waals surface area contributed by atoms with Gasteiger partial charge in [0.15, 0.2) is 0 Å². The third-order valence-corrected chi connectivity index (χ3v) is 5.59. The third kappa shape index (κ3) is 5.93. The van der Waals surface area contributed by atoms with Gasteiger partial charge in [0.2, 0.25) is 0 Å². The van der Waals surface area contributed by atoms with Crippen molar-refractivity contribution in [1.82, 2.24) is 9.78 Å². The topological polar surface area (TPSA) is 81.4 Å². The maximum atomic E-state index is 12.7. The number of hydrogen-bond acceptors (Lipinski definition) is 4. The minimum Gasteiger partial charge on any atom is -0.477 e. The van der Waals surface area contributed by atoms with E-state index in [2.05, 4.69) is 12.0 Å². The van der Waals surface area contributed by atoms with Crippen LogP contribution in [0.15, 0.2) is 48.5 Å². The van der Waals surface area contributed by atoms with Gasteiger partial charge in [-0.2, -0.15) is 5.10 Å². The van der Waals surface area contributed by atoms with E-state index in [1.807, 2.05) is 70.2 Å². The molecule has 0 radical (unpaired) electrons. The van der Waals surface area contributed by atoms with Gasteiger partial charge in [0.05, 0.1) is 11.3 Å². The maximum absolute atomic E-state index is 12.7. The number of carbonyl (C=O) groups excluding carboxylic acids is 1. The van der Waals surface area contributed by atoms with Gasteiger partial charge in [-0.25, -0.2) is 9.59 Å². The summed E-state index contributed by atoms with van der Waals surface area (Å²) in [5.74, 6) is -1.30. The Balaban J connectivity index is 1.92. The Labute approximate surface area is 201 Å². The largest absolute Gasteiger partial charge is 0.477 e. The fourth-order valence-corrected chi connectivity index (χ4v) is 4.00. The smallest absolute Gasteiger partial charge is 0.354 e. The molecule has 0 saturated heterocycles. The highest BCUT2D eigenvalue weighted by Gasteiger charge is 2.23. The lowest BCUT2D eigenvalue weighted by molar-refractivity contribution is 0.00702. The highest BCUT2D eigenvalue weighted by molar-refractivity contribution is 5.97. The number of esters is 1. The Kier molecular flexibility index (Phi) is 7.92. The Morgan fingerprint density at radius 1 is 1.03 bits per heavy atom. The molecule has 1 aromatic heterocycles. The van der Waals surface area contributed by atoms with Crippen molar-refractivity contribution in [2.75, 3.05) is 0 Å². The van der Waals surface area contributed by atoms with Crippen LogP contribution in [0.25, 0.3) is 11.1 Å². The second-order valence-electron chi connectivity index (χ2n) is 9.42. The molecule has 0 bridgehead atoms. The van der Waals surface area contributed by atoms with E-state index in [1.165, 1.54) is 0 Å². The number of carboxylic acids is 1. The van der Waals surface area contributed by atoms with E-state index in [4.69, 9.17) is 4.74 Å². The molecule has 0 saturated carbocycles. The molecule has 34 heavy (non-hydrogen) atoms. The van der Waals surface area contributed by atoms with Crippen LogP contribution in [0.3, 0.4) is 0 Å². The first-order chi connectivity index (χ1) is 16.1. The molecular formula is C28H34N2O4. The number of aromatic nitrogens is 2. The molecule has 3 aromatic rings. The first kappa shape index (κ1) is 25.2. The van der Waals surface area contributed by atoms with Crippen LogP contribution >= 0.6 is 0 Å². The van der Waals surface area contributed by atoms with E-state index >= 15 is 0 Å². The lowest BCUT2D eigenvalue weighted by Crippen LogP contribution is -2.24. The van der Waals surface area contributed by atoms with Gasteiger partial charge in [-0.3, -0.25) is 4.68 Å². The van der Waals surface area contributed by atoms with Gasteiger partial charge in [-0.1, -0.05) is 55.8 Å². The Morgan fingerprint density at radius 3 is 2.29 bits per heavy atom. The molecule has 3 rings (SSSR count). The Bertz CT molecular complexity index is 1150. The number of nitrogens with zero attached hydrogens (tertiary/aromatic N) is 2. The van der Waals surface area contributed by atoms with Crippen molar-refractivity contribution < 1.29 is 19.4 Å². The van der Waals surface area contributed by atoms with Crippen LogP contribution in [0.5, 0.6) is 0 Å². The Hall–Kier alpha value is -3.41. The van der Waals surface area contributed by atoms with E-state index < -0.39 is 11.6 Å². The molecule has 6 heteroatoms. The minimum absolute atomic E-state index is 0.271.